The number of hydroxylamine groups is 1. The lowest BCUT2D eigenvalue weighted by atomic mass is 9.97. The third-order valence-electron chi connectivity index (χ3n) is 3.07. The number of carbonyl (C=O) groups is 2. The van der Waals surface area contributed by atoms with Crippen molar-refractivity contribution in [1.29, 1.82) is 0 Å². The van der Waals surface area contributed by atoms with Crippen LogP contribution in [0.4, 0.5) is 13.2 Å². The minimum absolute atomic E-state index is 0.0314. The van der Waals surface area contributed by atoms with Gasteiger partial charge in [0.25, 0.3) is 5.91 Å². The number of alkyl halides is 3. The highest BCUT2D eigenvalue weighted by Crippen LogP contribution is 2.38. The number of rotatable bonds is 3. The predicted octanol–water partition coefficient (Wildman–Crippen LogP) is 3.46. The summed E-state index contributed by atoms with van der Waals surface area (Å²) < 4.78 is 39.8. The van der Waals surface area contributed by atoms with E-state index in [1.165, 1.54) is 31.3 Å². The van der Waals surface area contributed by atoms with Gasteiger partial charge in [0.1, 0.15) is 0 Å². The first-order valence-electron chi connectivity index (χ1n) is 6.73. The molecule has 1 aromatic carbocycles. The van der Waals surface area contributed by atoms with Crippen LogP contribution < -0.4 is 5.48 Å². The van der Waals surface area contributed by atoms with Crippen molar-refractivity contribution < 1.29 is 27.6 Å². The zero-order valence-corrected chi connectivity index (χ0v) is 12.5. The van der Waals surface area contributed by atoms with Crippen LogP contribution in [-0.4, -0.2) is 16.9 Å². The number of H-pyrrole nitrogens is 1. The minimum atomic E-state index is -4.66. The Labute approximate surface area is 135 Å². The van der Waals surface area contributed by atoms with Crippen LogP contribution in [0.2, 0.25) is 0 Å². The average molecular weight is 338 g/mol. The summed E-state index contributed by atoms with van der Waals surface area (Å²) in [6.07, 6.45) is -3.23. The van der Waals surface area contributed by atoms with Crippen molar-refractivity contribution in [2.45, 2.75) is 13.1 Å². The number of aromatic nitrogens is 1. The monoisotopic (exact) mass is 338 g/mol. The molecule has 0 bridgehead atoms. The lowest BCUT2D eigenvalue weighted by Crippen LogP contribution is -2.28. The molecular formula is C16H13F3N2O3. The van der Waals surface area contributed by atoms with Crippen LogP contribution in [0.25, 0.3) is 11.3 Å². The molecule has 1 heterocycles. The second-order valence-corrected chi connectivity index (χ2v) is 4.91. The molecule has 1 amide bonds. The van der Waals surface area contributed by atoms with Gasteiger partial charge >= 0.3 is 12.1 Å². The Morgan fingerprint density at radius 2 is 1.92 bits per heavy atom. The second-order valence-electron chi connectivity index (χ2n) is 4.91. The number of carbonyl (C=O) groups excluding carboxylic acids is 2. The molecule has 0 atom stereocenters. The number of hydrogen-bond donors (Lipinski definition) is 2. The molecule has 24 heavy (non-hydrogen) atoms. The Hall–Kier alpha value is -3.03. The summed E-state index contributed by atoms with van der Waals surface area (Å²) in [5.74, 6) is -1.88. The molecule has 0 saturated heterocycles. The van der Waals surface area contributed by atoms with Crippen LogP contribution in [0.15, 0.2) is 48.7 Å². The van der Waals surface area contributed by atoms with Gasteiger partial charge in [-0.25, -0.2) is 4.79 Å². The smallest absolute Gasteiger partial charge is 0.361 e. The number of halogens is 3. The number of hydrogen-bond acceptors (Lipinski definition) is 3. The van der Waals surface area contributed by atoms with Crippen molar-refractivity contribution in [3.8, 4) is 11.3 Å². The Balaban J connectivity index is 2.45. The van der Waals surface area contributed by atoms with Gasteiger partial charge in [-0.2, -0.15) is 18.7 Å². The summed E-state index contributed by atoms with van der Waals surface area (Å²) in [5, 5.41) is 0. The Morgan fingerprint density at radius 1 is 1.21 bits per heavy atom. The first kappa shape index (κ1) is 17.3. The molecule has 0 aliphatic carbocycles. The van der Waals surface area contributed by atoms with Gasteiger partial charge in [-0.1, -0.05) is 12.6 Å². The summed E-state index contributed by atoms with van der Waals surface area (Å²) >= 11 is 0. The van der Waals surface area contributed by atoms with E-state index in [9.17, 15) is 22.8 Å². The summed E-state index contributed by atoms with van der Waals surface area (Å²) in [6, 6.07) is 6.08. The summed E-state index contributed by atoms with van der Waals surface area (Å²) in [7, 11) is 0. The normalized spacial score (nSPS) is 11.0. The van der Waals surface area contributed by atoms with Crippen LogP contribution in [0.1, 0.15) is 22.8 Å². The van der Waals surface area contributed by atoms with Gasteiger partial charge in [-0.15, -0.1) is 0 Å². The molecule has 0 radical (unpaired) electrons. The van der Waals surface area contributed by atoms with Crippen LogP contribution >= 0.6 is 0 Å². The van der Waals surface area contributed by atoms with Crippen molar-refractivity contribution in [1.82, 2.24) is 10.5 Å². The molecule has 0 aliphatic heterocycles. The molecule has 126 valence electrons. The van der Waals surface area contributed by atoms with Crippen molar-refractivity contribution in [2.24, 2.45) is 0 Å². The van der Waals surface area contributed by atoms with Crippen LogP contribution in [-0.2, 0) is 15.8 Å². The van der Waals surface area contributed by atoms with E-state index in [1.54, 1.807) is 0 Å². The molecule has 2 rings (SSSR count). The van der Waals surface area contributed by atoms with E-state index in [-0.39, 0.29) is 22.4 Å². The molecule has 8 heteroatoms. The van der Waals surface area contributed by atoms with Crippen molar-refractivity contribution in [2.75, 3.05) is 0 Å². The number of amides is 1. The van der Waals surface area contributed by atoms with Gasteiger partial charge in [0.15, 0.2) is 0 Å². The SMILES string of the molecule is C=C(C)C(=O)ONC(=O)c1cccc(C(F)(F)F)c1-c1ccc[nH]1. The van der Waals surface area contributed by atoms with Gasteiger partial charge < -0.3 is 9.82 Å². The van der Waals surface area contributed by atoms with Crippen molar-refractivity contribution in [3.05, 3.63) is 59.8 Å². The summed E-state index contributed by atoms with van der Waals surface area (Å²) in [4.78, 5) is 30.6. The molecule has 0 unspecified atom stereocenters. The average Bonchev–Trinajstić information content (AvgIpc) is 3.04. The fourth-order valence-corrected chi connectivity index (χ4v) is 1.99. The minimum Gasteiger partial charge on any atom is -0.361 e. The van der Waals surface area contributed by atoms with Gasteiger partial charge in [-0.05, 0) is 31.2 Å². The van der Waals surface area contributed by atoms with E-state index in [1.807, 2.05) is 5.48 Å². The molecule has 1 aromatic heterocycles. The standard InChI is InChI=1S/C16H13F3N2O3/c1-9(2)15(23)24-21-14(22)10-5-3-6-11(16(17,18)19)13(10)12-7-4-8-20-12/h3-8,20H,1H2,2H3,(H,21,22). The van der Waals surface area contributed by atoms with E-state index >= 15 is 0 Å². The third-order valence-corrected chi connectivity index (χ3v) is 3.07. The first-order chi connectivity index (χ1) is 11.2. The van der Waals surface area contributed by atoms with Gasteiger partial charge in [-0.3, -0.25) is 4.79 Å². The quantitative estimate of drug-likeness (QED) is 0.665. The van der Waals surface area contributed by atoms with Crippen molar-refractivity contribution >= 4 is 11.9 Å². The lowest BCUT2D eigenvalue weighted by molar-refractivity contribution is -0.144. The Kier molecular flexibility index (Phi) is 4.77. The Morgan fingerprint density at radius 3 is 2.46 bits per heavy atom. The maximum atomic E-state index is 13.3. The summed E-state index contributed by atoms with van der Waals surface area (Å²) in [5.41, 5.74) is 0.365. The van der Waals surface area contributed by atoms with Gasteiger partial charge in [0, 0.05) is 23.0 Å². The summed E-state index contributed by atoms with van der Waals surface area (Å²) in [6.45, 7) is 4.69. The zero-order chi connectivity index (χ0) is 17.9. The van der Waals surface area contributed by atoms with E-state index in [0.717, 1.165) is 12.1 Å². The van der Waals surface area contributed by atoms with E-state index in [0.29, 0.717) is 0 Å². The van der Waals surface area contributed by atoms with E-state index < -0.39 is 23.6 Å². The Bertz CT molecular complexity index is 780. The molecule has 0 aliphatic rings. The third kappa shape index (κ3) is 3.65. The highest BCUT2D eigenvalue weighted by atomic mass is 19.4. The van der Waals surface area contributed by atoms with Crippen molar-refractivity contribution in [3.63, 3.8) is 0 Å². The molecule has 0 fully saturated rings. The van der Waals surface area contributed by atoms with Gasteiger partial charge in [0.05, 0.1) is 11.1 Å². The number of nitrogens with one attached hydrogen (secondary N) is 2. The molecule has 0 spiro atoms. The fraction of sp³-hybridized carbons (Fsp3) is 0.125. The lowest BCUT2D eigenvalue weighted by Gasteiger charge is -2.16. The maximum Gasteiger partial charge on any atom is 0.417 e. The molecular weight excluding hydrogens is 325 g/mol. The molecule has 5 nitrogen and oxygen atoms in total. The largest absolute Gasteiger partial charge is 0.417 e. The predicted molar refractivity (Wildman–Crippen MR) is 79.6 cm³/mol. The van der Waals surface area contributed by atoms with E-state index in [2.05, 4.69) is 16.4 Å². The molecule has 2 N–H and O–H groups in total. The molecule has 2 aromatic rings. The topological polar surface area (TPSA) is 71.2 Å². The molecule has 0 saturated carbocycles. The van der Waals surface area contributed by atoms with Crippen LogP contribution in [0.3, 0.4) is 0 Å². The van der Waals surface area contributed by atoms with Gasteiger partial charge in [0.2, 0.25) is 0 Å². The first-order valence-corrected chi connectivity index (χ1v) is 6.73. The maximum absolute atomic E-state index is 13.3. The second kappa shape index (κ2) is 6.61. The number of aromatic amines is 1. The number of benzene rings is 1. The highest BCUT2D eigenvalue weighted by molar-refractivity contribution is 6.01. The zero-order valence-electron chi connectivity index (χ0n) is 12.5. The van der Waals surface area contributed by atoms with Crippen LogP contribution in [0, 0.1) is 0 Å². The van der Waals surface area contributed by atoms with Crippen LogP contribution in [0.5, 0.6) is 0 Å². The fourth-order valence-electron chi connectivity index (χ4n) is 1.99. The van der Waals surface area contributed by atoms with E-state index in [4.69, 9.17) is 0 Å². The highest BCUT2D eigenvalue weighted by Gasteiger charge is 2.36.